The van der Waals surface area contributed by atoms with Crippen LogP contribution in [0, 0.1) is 18.3 Å². The van der Waals surface area contributed by atoms with Crippen LogP contribution in [0.15, 0.2) is 24.3 Å². The molecule has 0 radical (unpaired) electrons. The first-order valence-corrected chi connectivity index (χ1v) is 7.17. The number of rotatable bonds is 2. The minimum Gasteiger partial charge on any atom is -0.327 e. The molecule has 0 aliphatic rings. The summed E-state index contributed by atoms with van der Waals surface area (Å²) in [5.74, 6) is 0.270. The minimum atomic E-state index is -0.168. The van der Waals surface area contributed by atoms with Crippen LogP contribution in [0.1, 0.15) is 18.2 Å². The van der Waals surface area contributed by atoms with Gasteiger partial charge in [-0.3, -0.25) is 10.1 Å². The van der Waals surface area contributed by atoms with E-state index < -0.39 is 0 Å². The molecule has 1 aromatic carbocycles. The van der Waals surface area contributed by atoms with E-state index in [0.29, 0.717) is 11.5 Å². The lowest BCUT2D eigenvalue weighted by Gasteiger charge is -1.93. The molecular weight excluding hydrogens is 284 g/mol. The van der Waals surface area contributed by atoms with Gasteiger partial charge in [0.1, 0.15) is 5.69 Å². The number of hydrogen-bond donors (Lipinski definition) is 2. The monoisotopic (exact) mass is 296 g/mol. The first-order valence-electron chi connectivity index (χ1n) is 6.35. The Hall–Kier alpha value is -2.65. The van der Waals surface area contributed by atoms with Gasteiger partial charge in [-0.05, 0) is 25.1 Å². The molecule has 0 atom stereocenters. The van der Waals surface area contributed by atoms with Crippen LogP contribution in [0.2, 0.25) is 0 Å². The number of amides is 1. The van der Waals surface area contributed by atoms with Crippen molar-refractivity contribution < 1.29 is 4.79 Å². The van der Waals surface area contributed by atoms with Gasteiger partial charge >= 0.3 is 0 Å². The third kappa shape index (κ3) is 2.39. The fraction of sp³-hybridized carbons (Fsp3) is 0.133. The Kier molecular flexibility index (Phi) is 3.20. The lowest BCUT2D eigenvalue weighted by atomic mass is 10.1. The van der Waals surface area contributed by atoms with Gasteiger partial charge in [-0.25, -0.2) is 4.98 Å². The molecule has 1 amide bonds. The second kappa shape index (κ2) is 5.04. The molecule has 5 nitrogen and oxygen atoms in total. The number of nitrogens with zero attached hydrogens (tertiary/aromatic N) is 2. The number of imidazole rings is 1. The van der Waals surface area contributed by atoms with Crippen molar-refractivity contribution in [3.8, 4) is 16.6 Å². The molecule has 3 rings (SSSR count). The maximum absolute atomic E-state index is 11.1. The van der Waals surface area contributed by atoms with Gasteiger partial charge in [0, 0.05) is 22.7 Å². The second-order valence-corrected chi connectivity index (χ2v) is 5.76. The van der Waals surface area contributed by atoms with Crippen molar-refractivity contribution in [1.29, 1.82) is 5.26 Å². The molecule has 2 aromatic heterocycles. The molecule has 0 saturated carbocycles. The molecule has 0 aliphatic carbocycles. The number of fused-ring (bicyclic) bond motifs is 1. The van der Waals surface area contributed by atoms with E-state index in [1.54, 1.807) is 17.4 Å². The van der Waals surface area contributed by atoms with E-state index in [2.05, 4.69) is 21.4 Å². The zero-order valence-corrected chi connectivity index (χ0v) is 12.3. The molecule has 104 valence electrons. The number of anilines is 1. The highest BCUT2D eigenvalue weighted by molar-refractivity contribution is 7.22. The van der Waals surface area contributed by atoms with Crippen LogP contribution in [-0.2, 0) is 4.79 Å². The summed E-state index contributed by atoms with van der Waals surface area (Å²) in [6, 6.07) is 9.84. The van der Waals surface area contributed by atoms with E-state index in [0.717, 1.165) is 26.4 Å². The van der Waals surface area contributed by atoms with Gasteiger partial charge in [0.05, 0.1) is 16.5 Å². The van der Waals surface area contributed by atoms with Crippen molar-refractivity contribution in [2.75, 3.05) is 5.32 Å². The SMILES string of the molecule is CC(=O)Nc1nc(-c2cc3c(C#N)cccc3s2)c(C)[nH]1. The number of aromatic nitrogens is 2. The Morgan fingerprint density at radius 3 is 3.00 bits per heavy atom. The van der Waals surface area contributed by atoms with Gasteiger partial charge in [-0.2, -0.15) is 5.26 Å². The molecule has 2 heterocycles. The summed E-state index contributed by atoms with van der Waals surface area (Å²) in [5, 5.41) is 12.7. The number of thiophene rings is 1. The van der Waals surface area contributed by atoms with Crippen LogP contribution in [-0.4, -0.2) is 15.9 Å². The van der Waals surface area contributed by atoms with Crippen molar-refractivity contribution in [2.24, 2.45) is 0 Å². The summed E-state index contributed by atoms with van der Waals surface area (Å²) in [6.07, 6.45) is 0. The average molecular weight is 296 g/mol. The Morgan fingerprint density at radius 1 is 1.48 bits per heavy atom. The molecule has 2 N–H and O–H groups in total. The smallest absolute Gasteiger partial charge is 0.223 e. The fourth-order valence-corrected chi connectivity index (χ4v) is 3.34. The number of aromatic amines is 1. The topological polar surface area (TPSA) is 81.6 Å². The highest BCUT2D eigenvalue weighted by Gasteiger charge is 2.14. The number of hydrogen-bond acceptors (Lipinski definition) is 4. The average Bonchev–Trinajstić information content (AvgIpc) is 3.00. The van der Waals surface area contributed by atoms with Crippen LogP contribution in [0.4, 0.5) is 5.95 Å². The van der Waals surface area contributed by atoms with E-state index in [9.17, 15) is 4.79 Å². The van der Waals surface area contributed by atoms with Crippen LogP contribution in [0.5, 0.6) is 0 Å². The summed E-state index contributed by atoms with van der Waals surface area (Å²) in [6.45, 7) is 3.35. The number of carbonyl (C=O) groups is 1. The first kappa shape index (κ1) is 13.3. The molecule has 0 bridgehead atoms. The van der Waals surface area contributed by atoms with Crippen LogP contribution < -0.4 is 5.32 Å². The second-order valence-electron chi connectivity index (χ2n) is 4.68. The molecule has 6 heteroatoms. The first-order chi connectivity index (χ1) is 10.1. The van der Waals surface area contributed by atoms with E-state index in [1.807, 2.05) is 25.1 Å². The minimum absolute atomic E-state index is 0.168. The van der Waals surface area contributed by atoms with Crippen molar-refractivity contribution >= 4 is 33.3 Å². The number of aryl methyl sites for hydroxylation is 1. The molecule has 0 spiro atoms. The number of benzene rings is 1. The molecule has 3 aromatic rings. The Bertz CT molecular complexity index is 885. The highest BCUT2D eigenvalue weighted by atomic mass is 32.1. The zero-order valence-electron chi connectivity index (χ0n) is 11.5. The van der Waals surface area contributed by atoms with Crippen LogP contribution >= 0.6 is 11.3 Å². The van der Waals surface area contributed by atoms with E-state index in [-0.39, 0.29) is 5.91 Å². The molecule has 0 saturated heterocycles. The third-order valence-electron chi connectivity index (χ3n) is 3.09. The Morgan fingerprint density at radius 2 is 2.29 bits per heavy atom. The maximum atomic E-state index is 11.1. The van der Waals surface area contributed by atoms with Crippen LogP contribution in [0.25, 0.3) is 20.7 Å². The summed E-state index contributed by atoms with van der Waals surface area (Å²) >= 11 is 1.58. The predicted octanol–water partition coefficient (Wildman–Crippen LogP) is 3.43. The summed E-state index contributed by atoms with van der Waals surface area (Å²) < 4.78 is 1.05. The number of carbonyl (C=O) groups excluding carboxylic acids is 1. The van der Waals surface area contributed by atoms with Gasteiger partial charge in [-0.1, -0.05) is 6.07 Å². The Labute approximate surface area is 125 Å². The van der Waals surface area contributed by atoms with E-state index in [1.165, 1.54) is 6.92 Å². The third-order valence-corrected chi connectivity index (χ3v) is 4.20. The van der Waals surface area contributed by atoms with E-state index in [4.69, 9.17) is 5.26 Å². The summed E-state index contributed by atoms with van der Waals surface area (Å²) in [5.41, 5.74) is 2.33. The van der Waals surface area contributed by atoms with E-state index >= 15 is 0 Å². The number of H-pyrrole nitrogens is 1. The van der Waals surface area contributed by atoms with Gasteiger partial charge < -0.3 is 4.98 Å². The largest absolute Gasteiger partial charge is 0.327 e. The van der Waals surface area contributed by atoms with Gasteiger partial charge in [0.2, 0.25) is 11.9 Å². The summed E-state index contributed by atoms with van der Waals surface area (Å²) in [7, 11) is 0. The molecular formula is C15H12N4OS. The van der Waals surface area contributed by atoms with Crippen molar-refractivity contribution in [3.05, 3.63) is 35.5 Å². The lowest BCUT2D eigenvalue weighted by Crippen LogP contribution is -2.06. The quantitative estimate of drug-likeness (QED) is 0.760. The number of nitrogens with one attached hydrogen (secondary N) is 2. The highest BCUT2D eigenvalue weighted by Crippen LogP contribution is 2.35. The lowest BCUT2D eigenvalue weighted by molar-refractivity contribution is -0.114. The predicted molar refractivity (Wildman–Crippen MR) is 83.2 cm³/mol. The Balaban J connectivity index is 2.11. The fourth-order valence-electron chi connectivity index (χ4n) is 2.20. The molecule has 0 unspecified atom stereocenters. The van der Waals surface area contributed by atoms with Crippen molar-refractivity contribution in [2.45, 2.75) is 13.8 Å². The standard InChI is InChI=1S/C15H12N4OS/c1-8-14(19-15(17-8)18-9(2)20)13-6-11-10(7-16)4-3-5-12(11)21-13/h3-6H,1-2H3,(H2,17,18,19,20). The maximum Gasteiger partial charge on any atom is 0.223 e. The van der Waals surface area contributed by atoms with Gasteiger partial charge in [0.25, 0.3) is 0 Å². The number of nitriles is 1. The van der Waals surface area contributed by atoms with Gasteiger partial charge in [-0.15, -0.1) is 11.3 Å². The van der Waals surface area contributed by atoms with Crippen molar-refractivity contribution in [3.63, 3.8) is 0 Å². The summed E-state index contributed by atoms with van der Waals surface area (Å²) in [4.78, 5) is 19.5. The molecule has 0 fully saturated rings. The zero-order chi connectivity index (χ0) is 15.0. The van der Waals surface area contributed by atoms with Crippen molar-refractivity contribution in [1.82, 2.24) is 9.97 Å². The molecule has 0 aliphatic heterocycles. The molecule has 21 heavy (non-hydrogen) atoms. The van der Waals surface area contributed by atoms with Crippen LogP contribution in [0.3, 0.4) is 0 Å². The normalized spacial score (nSPS) is 10.5. The van der Waals surface area contributed by atoms with Gasteiger partial charge in [0.15, 0.2) is 0 Å².